The molecule has 0 saturated carbocycles. The summed E-state index contributed by atoms with van der Waals surface area (Å²) >= 11 is 1.54. The molecule has 1 amide bonds. The Morgan fingerprint density at radius 2 is 2.40 bits per heavy atom. The summed E-state index contributed by atoms with van der Waals surface area (Å²) in [6, 6.07) is 5.65. The minimum Gasteiger partial charge on any atom is -0.395 e. The zero-order valence-electron chi connectivity index (χ0n) is 10.9. The molecule has 2 aromatic rings. The number of nitrogens with one attached hydrogen (secondary N) is 1. The highest BCUT2D eigenvalue weighted by molar-refractivity contribution is 7.12. The van der Waals surface area contributed by atoms with Crippen LogP contribution in [0.1, 0.15) is 16.2 Å². The van der Waals surface area contributed by atoms with E-state index in [-0.39, 0.29) is 19.1 Å². The van der Waals surface area contributed by atoms with Gasteiger partial charge in [-0.15, -0.1) is 11.3 Å². The summed E-state index contributed by atoms with van der Waals surface area (Å²) in [6.07, 6.45) is 3.87. The van der Waals surface area contributed by atoms with Gasteiger partial charge >= 0.3 is 0 Å². The van der Waals surface area contributed by atoms with Crippen molar-refractivity contribution >= 4 is 17.2 Å². The Morgan fingerprint density at radius 3 is 3.15 bits per heavy atom. The number of carbonyl (C=O) groups excluding carboxylic acids is 1. The average Bonchev–Trinajstić information content (AvgIpc) is 3.08. The Morgan fingerprint density at radius 1 is 1.50 bits per heavy atom. The van der Waals surface area contributed by atoms with Gasteiger partial charge in [-0.3, -0.25) is 9.48 Å². The minimum atomic E-state index is -0.0741. The smallest absolute Gasteiger partial charge is 0.242 e. The second-order valence-electron chi connectivity index (χ2n) is 4.02. The summed E-state index contributed by atoms with van der Waals surface area (Å²) < 4.78 is 1.58. The van der Waals surface area contributed by atoms with Crippen LogP contribution in [-0.4, -0.2) is 27.4 Å². The SMILES string of the molecule is O=C(Cn1cccn1)NCc1ccc(C#CCCO)s1. The van der Waals surface area contributed by atoms with Crippen molar-refractivity contribution in [3.8, 4) is 11.8 Å². The highest BCUT2D eigenvalue weighted by atomic mass is 32.1. The molecule has 0 aliphatic heterocycles. The third kappa shape index (κ3) is 4.53. The van der Waals surface area contributed by atoms with Gasteiger partial charge < -0.3 is 10.4 Å². The Balaban J connectivity index is 1.79. The first-order valence-electron chi connectivity index (χ1n) is 6.20. The van der Waals surface area contributed by atoms with Crippen LogP contribution in [0.2, 0.25) is 0 Å². The Bertz CT molecular complexity index is 608. The Kier molecular flexibility index (Phi) is 5.35. The van der Waals surface area contributed by atoms with E-state index in [1.54, 1.807) is 34.5 Å². The van der Waals surface area contributed by atoms with Gasteiger partial charge in [0.1, 0.15) is 6.54 Å². The molecular formula is C14H15N3O2S. The molecular weight excluding hydrogens is 274 g/mol. The van der Waals surface area contributed by atoms with Crippen molar-refractivity contribution in [3.63, 3.8) is 0 Å². The maximum Gasteiger partial charge on any atom is 0.242 e. The molecule has 0 unspecified atom stereocenters. The molecule has 0 aliphatic rings. The van der Waals surface area contributed by atoms with E-state index in [0.29, 0.717) is 13.0 Å². The maximum absolute atomic E-state index is 11.7. The third-order valence-electron chi connectivity index (χ3n) is 2.43. The second kappa shape index (κ2) is 7.48. The van der Waals surface area contributed by atoms with Crippen LogP contribution in [0.5, 0.6) is 0 Å². The number of hydrogen-bond donors (Lipinski definition) is 2. The molecule has 0 aliphatic carbocycles. The summed E-state index contributed by atoms with van der Waals surface area (Å²) in [7, 11) is 0. The third-order valence-corrected chi connectivity index (χ3v) is 3.44. The molecule has 2 N–H and O–H groups in total. The molecule has 2 aromatic heterocycles. The molecule has 6 heteroatoms. The fraction of sp³-hybridized carbons (Fsp3) is 0.286. The summed E-state index contributed by atoms with van der Waals surface area (Å²) in [6.45, 7) is 0.794. The molecule has 0 radical (unpaired) electrons. The number of hydrogen-bond acceptors (Lipinski definition) is 4. The molecule has 20 heavy (non-hydrogen) atoms. The molecule has 0 saturated heterocycles. The van der Waals surface area contributed by atoms with Gasteiger partial charge in [0, 0.05) is 23.7 Å². The first-order valence-corrected chi connectivity index (χ1v) is 7.02. The van der Waals surface area contributed by atoms with Crippen LogP contribution in [-0.2, 0) is 17.9 Å². The zero-order valence-corrected chi connectivity index (χ0v) is 11.7. The standard InChI is InChI=1S/C14H15N3O2S/c18-9-2-1-4-12-5-6-13(20-12)10-15-14(19)11-17-8-3-7-16-17/h3,5-8,18H,2,9-11H2,(H,15,19). The van der Waals surface area contributed by atoms with Gasteiger partial charge in [0.25, 0.3) is 0 Å². The number of amides is 1. The topological polar surface area (TPSA) is 67.2 Å². The van der Waals surface area contributed by atoms with Crippen LogP contribution in [0.3, 0.4) is 0 Å². The fourth-order valence-electron chi connectivity index (χ4n) is 1.53. The lowest BCUT2D eigenvalue weighted by Gasteiger charge is -2.03. The van der Waals surface area contributed by atoms with E-state index in [1.807, 2.05) is 12.1 Å². The molecule has 0 aromatic carbocycles. The van der Waals surface area contributed by atoms with E-state index >= 15 is 0 Å². The zero-order chi connectivity index (χ0) is 14.2. The summed E-state index contributed by atoms with van der Waals surface area (Å²) in [5, 5.41) is 15.5. The van der Waals surface area contributed by atoms with Crippen molar-refractivity contribution in [2.45, 2.75) is 19.5 Å². The molecule has 0 atom stereocenters. The number of carbonyl (C=O) groups is 1. The molecule has 0 fully saturated rings. The molecule has 2 rings (SSSR count). The number of aliphatic hydroxyl groups is 1. The first-order chi connectivity index (χ1) is 9.78. The quantitative estimate of drug-likeness (QED) is 0.807. The average molecular weight is 289 g/mol. The van der Waals surface area contributed by atoms with E-state index < -0.39 is 0 Å². The molecule has 0 bridgehead atoms. The summed E-state index contributed by atoms with van der Waals surface area (Å²) in [4.78, 5) is 13.7. The predicted octanol–water partition coefficient (Wildman–Crippen LogP) is 0.995. The lowest BCUT2D eigenvalue weighted by Crippen LogP contribution is -2.26. The lowest BCUT2D eigenvalue weighted by atomic mass is 10.4. The highest BCUT2D eigenvalue weighted by Gasteiger charge is 2.04. The van der Waals surface area contributed by atoms with Crippen LogP contribution in [0.25, 0.3) is 0 Å². The van der Waals surface area contributed by atoms with Gasteiger partial charge in [-0.25, -0.2) is 0 Å². The monoisotopic (exact) mass is 289 g/mol. The van der Waals surface area contributed by atoms with Crippen LogP contribution in [0.15, 0.2) is 30.6 Å². The number of aliphatic hydroxyl groups excluding tert-OH is 1. The molecule has 5 nitrogen and oxygen atoms in total. The van der Waals surface area contributed by atoms with Crippen LogP contribution < -0.4 is 5.32 Å². The summed E-state index contributed by atoms with van der Waals surface area (Å²) in [5.74, 6) is 5.77. The number of rotatable bonds is 5. The molecule has 2 heterocycles. The normalized spacial score (nSPS) is 9.85. The van der Waals surface area contributed by atoms with Crippen molar-refractivity contribution in [3.05, 3.63) is 40.3 Å². The Labute approximate surface area is 121 Å². The van der Waals surface area contributed by atoms with Gasteiger partial charge in [0.2, 0.25) is 5.91 Å². The first kappa shape index (κ1) is 14.3. The van der Waals surface area contributed by atoms with Gasteiger partial charge in [0.05, 0.1) is 18.0 Å². The number of aromatic nitrogens is 2. The second-order valence-corrected chi connectivity index (χ2v) is 5.19. The van der Waals surface area contributed by atoms with Gasteiger partial charge in [-0.05, 0) is 18.2 Å². The summed E-state index contributed by atoms with van der Waals surface area (Å²) in [5.41, 5.74) is 0. The van der Waals surface area contributed by atoms with E-state index in [1.165, 1.54) is 0 Å². The van der Waals surface area contributed by atoms with Crippen molar-refractivity contribution in [2.24, 2.45) is 0 Å². The minimum absolute atomic E-state index is 0.0741. The van der Waals surface area contributed by atoms with Crippen molar-refractivity contribution in [2.75, 3.05) is 6.61 Å². The van der Waals surface area contributed by atoms with Gasteiger partial charge in [-0.2, -0.15) is 5.10 Å². The van der Waals surface area contributed by atoms with E-state index in [4.69, 9.17) is 5.11 Å². The predicted molar refractivity (Wildman–Crippen MR) is 77.0 cm³/mol. The maximum atomic E-state index is 11.7. The van der Waals surface area contributed by atoms with Gasteiger partial charge in [0.15, 0.2) is 0 Å². The van der Waals surface area contributed by atoms with E-state index in [9.17, 15) is 4.79 Å². The van der Waals surface area contributed by atoms with Crippen molar-refractivity contribution in [1.82, 2.24) is 15.1 Å². The lowest BCUT2D eigenvalue weighted by molar-refractivity contribution is -0.122. The molecule has 0 spiro atoms. The largest absolute Gasteiger partial charge is 0.395 e. The van der Waals surface area contributed by atoms with E-state index in [0.717, 1.165) is 9.75 Å². The number of thiophene rings is 1. The van der Waals surface area contributed by atoms with Crippen LogP contribution in [0.4, 0.5) is 0 Å². The van der Waals surface area contributed by atoms with Gasteiger partial charge in [-0.1, -0.05) is 11.8 Å². The Hall–Kier alpha value is -2.10. The van der Waals surface area contributed by atoms with E-state index in [2.05, 4.69) is 22.3 Å². The fourth-order valence-corrected chi connectivity index (χ4v) is 2.35. The van der Waals surface area contributed by atoms with Crippen LogP contribution in [0, 0.1) is 11.8 Å². The van der Waals surface area contributed by atoms with Crippen molar-refractivity contribution in [1.29, 1.82) is 0 Å². The number of nitrogens with zero attached hydrogens (tertiary/aromatic N) is 2. The molecule has 104 valence electrons. The highest BCUT2D eigenvalue weighted by Crippen LogP contribution is 2.15. The van der Waals surface area contributed by atoms with Crippen molar-refractivity contribution < 1.29 is 9.90 Å². The van der Waals surface area contributed by atoms with Crippen LogP contribution >= 0.6 is 11.3 Å².